The van der Waals surface area contributed by atoms with Gasteiger partial charge in [-0.15, -0.1) is 0 Å². The van der Waals surface area contributed by atoms with Crippen molar-refractivity contribution in [2.45, 2.75) is 51.8 Å². The van der Waals surface area contributed by atoms with Crippen molar-refractivity contribution < 1.29 is 24.4 Å². The van der Waals surface area contributed by atoms with Crippen molar-refractivity contribution in [3.05, 3.63) is 34.4 Å². The molecular formula is C17H22N4O6. The van der Waals surface area contributed by atoms with Crippen LogP contribution < -0.4 is 5.32 Å². The van der Waals surface area contributed by atoms with Gasteiger partial charge in [-0.2, -0.15) is 0 Å². The molecule has 1 aromatic heterocycles. The Morgan fingerprint density at radius 3 is 2.63 bits per heavy atom. The fraction of sp³-hybridized carbons (Fsp3) is 0.471. The maximum atomic E-state index is 11.8. The first-order valence-corrected chi connectivity index (χ1v) is 8.40. The molecule has 1 heterocycles. The highest BCUT2D eigenvalue weighted by atomic mass is 16.6. The van der Waals surface area contributed by atoms with Crippen molar-refractivity contribution in [1.29, 1.82) is 0 Å². The number of aromatic nitrogens is 2. The Morgan fingerprint density at radius 2 is 2.04 bits per heavy atom. The van der Waals surface area contributed by atoms with Crippen LogP contribution in [-0.2, 0) is 16.1 Å². The largest absolute Gasteiger partial charge is 0.480 e. The quantitative estimate of drug-likeness (QED) is 0.558. The predicted octanol–water partition coefficient (Wildman–Crippen LogP) is 2.70. The number of nitrogens with one attached hydrogen (secondary N) is 1. The zero-order valence-corrected chi connectivity index (χ0v) is 15.3. The average Bonchev–Trinajstić information content (AvgIpc) is 2.91. The lowest BCUT2D eigenvalue weighted by molar-refractivity contribution is -0.396. The van der Waals surface area contributed by atoms with Crippen molar-refractivity contribution in [3.8, 4) is 0 Å². The Morgan fingerprint density at radius 1 is 1.37 bits per heavy atom. The van der Waals surface area contributed by atoms with Gasteiger partial charge >= 0.3 is 18.0 Å². The molecule has 146 valence electrons. The number of carboxylic acid groups (broad SMARTS) is 1. The molecule has 1 atom stereocenters. The molecule has 0 aliphatic rings. The Balaban J connectivity index is 2.06. The summed E-state index contributed by atoms with van der Waals surface area (Å²) in [5.74, 6) is -1.51. The van der Waals surface area contributed by atoms with E-state index in [4.69, 9.17) is 4.74 Å². The highest BCUT2D eigenvalue weighted by Crippen LogP contribution is 2.22. The van der Waals surface area contributed by atoms with Gasteiger partial charge in [-0.1, -0.05) is 17.1 Å². The molecule has 0 unspecified atom stereocenters. The lowest BCUT2D eigenvalue weighted by atomic mass is 10.1. The molecule has 0 fully saturated rings. The van der Waals surface area contributed by atoms with E-state index in [1.165, 1.54) is 4.57 Å². The number of aryl methyl sites for hydroxylation is 1. The summed E-state index contributed by atoms with van der Waals surface area (Å²) in [4.78, 5) is 37.8. The first kappa shape index (κ1) is 20.1. The second-order valence-corrected chi connectivity index (χ2v) is 6.99. The van der Waals surface area contributed by atoms with E-state index in [1.54, 1.807) is 45.0 Å². The zero-order valence-electron chi connectivity index (χ0n) is 15.3. The zero-order chi connectivity index (χ0) is 20.2. The van der Waals surface area contributed by atoms with E-state index in [9.17, 15) is 24.8 Å². The summed E-state index contributed by atoms with van der Waals surface area (Å²) in [5.41, 5.74) is 0.339. The van der Waals surface area contributed by atoms with E-state index < -0.39 is 28.6 Å². The van der Waals surface area contributed by atoms with Crippen LogP contribution >= 0.6 is 0 Å². The summed E-state index contributed by atoms with van der Waals surface area (Å²) in [7, 11) is 0. The van der Waals surface area contributed by atoms with Crippen LogP contribution in [0.4, 0.5) is 10.7 Å². The maximum Gasteiger partial charge on any atom is 0.435 e. The Labute approximate surface area is 155 Å². The molecule has 27 heavy (non-hydrogen) atoms. The minimum atomic E-state index is -1.20. The molecular weight excluding hydrogens is 356 g/mol. The molecule has 10 nitrogen and oxygen atoms in total. The number of para-hydroxylation sites is 2. The lowest BCUT2D eigenvalue weighted by Crippen LogP contribution is -2.43. The van der Waals surface area contributed by atoms with E-state index >= 15 is 0 Å². The standard InChI is InChI=1S/C17H22N4O6/c1-17(2,3)27-16(24)19-12(14(22)23)8-6-10-20-13-9-5-4-7-11(13)18-15(20)21(25)26/h4-5,7,9,12H,6,8,10H2,1-3H3,(H,19,24)(H,22,23)/t12-/m0/s1. The van der Waals surface area contributed by atoms with Gasteiger partial charge in [0.25, 0.3) is 0 Å². The van der Waals surface area contributed by atoms with Crippen molar-refractivity contribution in [2.75, 3.05) is 0 Å². The molecule has 1 aromatic carbocycles. The van der Waals surface area contributed by atoms with Gasteiger partial charge in [0.05, 0.1) is 6.54 Å². The van der Waals surface area contributed by atoms with E-state index in [2.05, 4.69) is 10.3 Å². The number of carbonyl (C=O) groups is 2. The Hall–Kier alpha value is -3.17. The topological polar surface area (TPSA) is 137 Å². The van der Waals surface area contributed by atoms with Crippen LogP contribution in [0.2, 0.25) is 0 Å². The Bertz CT molecular complexity index is 855. The van der Waals surface area contributed by atoms with E-state index in [1.807, 2.05) is 0 Å². The number of hydrogen-bond donors (Lipinski definition) is 2. The fourth-order valence-corrected chi connectivity index (χ4v) is 2.58. The van der Waals surface area contributed by atoms with Gasteiger partial charge in [0.2, 0.25) is 0 Å². The average molecular weight is 378 g/mol. The Kier molecular flexibility index (Phi) is 5.98. The number of ether oxygens (including phenoxy) is 1. The molecule has 2 aromatic rings. The number of aliphatic carboxylic acids is 1. The highest BCUT2D eigenvalue weighted by molar-refractivity contribution is 5.80. The summed E-state index contributed by atoms with van der Waals surface area (Å²) >= 11 is 0. The number of carbonyl (C=O) groups excluding carboxylic acids is 1. The maximum absolute atomic E-state index is 11.8. The van der Waals surface area contributed by atoms with Crippen LogP contribution in [0.5, 0.6) is 0 Å². The molecule has 1 amide bonds. The van der Waals surface area contributed by atoms with Gasteiger partial charge in [0.1, 0.15) is 17.2 Å². The number of alkyl carbamates (subject to hydrolysis) is 1. The first-order valence-electron chi connectivity index (χ1n) is 8.40. The second-order valence-electron chi connectivity index (χ2n) is 6.99. The number of hydrogen-bond acceptors (Lipinski definition) is 6. The summed E-state index contributed by atoms with van der Waals surface area (Å²) in [6, 6.07) is 5.70. The van der Waals surface area contributed by atoms with Crippen LogP contribution in [0.15, 0.2) is 24.3 Å². The van der Waals surface area contributed by atoms with Crippen LogP contribution in [0.25, 0.3) is 11.0 Å². The number of benzene rings is 1. The number of nitrogens with zero attached hydrogens (tertiary/aromatic N) is 3. The normalized spacial score (nSPS) is 12.6. The minimum Gasteiger partial charge on any atom is -0.480 e. The minimum absolute atomic E-state index is 0.0816. The van der Waals surface area contributed by atoms with Crippen LogP contribution in [0.3, 0.4) is 0 Å². The first-order chi connectivity index (χ1) is 12.6. The predicted molar refractivity (Wildman–Crippen MR) is 96.4 cm³/mol. The van der Waals surface area contributed by atoms with E-state index in [0.29, 0.717) is 11.0 Å². The van der Waals surface area contributed by atoms with Crippen molar-refractivity contribution in [1.82, 2.24) is 14.9 Å². The van der Waals surface area contributed by atoms with Gasteiger partial charge in [0, 0.05) is 0 Å². The molecule has 0 radical (unpaired) electrons. The number of nitro groups is 1. The van der Waals surface area contributed by atoms with Crippen molar-refractivity contribution >= 4 is 29.0 Å². The number of carboxylic acids is 1. The molecule has 0 aliphatic carbocycles. The number of amides is 1. The second kappa shape index (κ2) is 8.02. The van der Waals surface area contributed by atoms with E-state index in [-0.39, 0.29) is 25.3 Å². The summed E-state index contributed by atoms with van der Waals surface area (Å²) < 4.78 is 6.49. The van der Waals surface area contributed by atoms with Crippen molar-refractivity contribution in [2.24, 2.45) is 0 Å². The fourth-order valence-electron chi connectivity index (χ4n) is 2.58. The third-order valence-corrected chi connectivity index (χ3v) is 3.66. The third kappa shape index (κ3) is 5.40. The summed E-state index contributed by atoms with van der Waals surface area (Å²) in [6.07, 6.45) is -0.458. The van der Waals surface area contributed by atoms with E-state index in [0.717, 1.165) is 0 Å². The van der Waals surface area contributed by atoms with Gasteiger partial charge in [0.15, 0.2) is 5.52 Å². The molecule has 0 saturated heterocycles. The van der Waals surface area contributed by atoms with Crippen LogP contribution in [0, 0.1) is 10.1 Å². The summed E-state index contributed by atoms with van der Waals surface area (Å²) in [5, 5.41) is 22.8. The molecule has 0 aliphatic heterocycles. The lowest BCUT2D eigenvalue weighted by Gasteiger charge is -2.21. The molecule has 2 N–H and O–H groups in total. The van der Waals surface area contributed by atoms with Gasteiger partial charge in [-0.25, -0.2) is 14.2 Å². The SMILES string of the molecule is CC(C)(C)OC(=O)N[C@@H](CCCn1c([N+](=O)[O-])nc2ccccc21)C(=O)O. The number of fused-ring (bicyclic) bond motifs is 1. The van der Waals surface area contributed by atoms with Gasteiger partial charge in [-0.3, -0.25) is 0 Å². The van der Waals surface area contributed by atoms with Crippen LogP contribution in [0.1, 0.15) is 33.6 Å². The monoisotopic (exact) mass is 378 g/mol. The molecule has 0 spiro atoms. The highest BCUT2D eigenvalue weighted by Gasteiger charge is 2.25. The van der Waals surface area contributed by atoms with Gasteiger partial charge in [-0.05, 0) is 50.7 Å². The van der Waals surface area contributed by atoms with Crippen LogP contribution in [-0.4, -0.2) is 43.3 Å². The molecule has 10 heteroatoms. The molecule has 2 rings (SSSR count). The smallest absolute Gasteiger partial charge is 0.435 e. The molecule has 0 bridgehead atoms. The number of rotatable bonds is 7. The van der Waals surface area contributed by atoms with Gasteiger partial charge < -0.3 is 25.3 Å². The van der Waals surface area contributed by atoms with Crippen molar-refractivity contribution in [3.63, 3.8) is 0 Å². The summed E-state index contributed by atoms with van der Waals surface area (Å²) in [6.45, 7) is 5.21. The third-order valence-electron chi connectivity index (χ3n) is 3.66. The number of imidazole rings is 1. The molecule has 0 saturated carbocycles.